The van der Waals surface area contributed by atoms with E-state index in [0.29, 0.717) is 10.8 Å². The third kappa shape index (κ3) is 4.97. The van der Waals surface area contributed by atoms with Crippen molar-refractivity contribution in [2.45, 2.75) is 104 Å². The van der Waals surface area contributed by atoms with Crippen molar-refractivity contribution in [1.29, 1.82) is 0 Å². The summed E-state index contributed by atoms with van der Waals surface area (Å²) in [5.74, 6) is 3.44. The van der Waals surface area contributed by atoms with Gasteiger partial charge in [-0.2, -0.15) is 0 Å². The van der Waals surface area contributed by atoms with Crippen LogP contribution in [-0.2, 0) is 0 Å². The van der Waals surface area contributed by atoms with Crippen molar-refractivity contribution >= 4 is 11.6 Å². The predicted molar refractivity (Wildman–Crippen MR) is 125 cm³/mol. The summed E-state index contributed by atoms with van der Waals surface area (Å²) >= 11 is 6.42. The minimum atomic E-state index is 0.300. The third-order valence-corrected chi connectivity index (χ3v) is 8.69. The van der Waals surface area contributed by atoms with Crippen molar-refractivity contribution in [3.05, 3.63) is 35.5 Å². The molecule has 0 aromatic carbocycles. The van der Waals surface area contributed by atoms with E-state index in [-0.39, 0.29) is 0 Å². The van der Waals surface area contributed by atoms with Gasteiger partial charge in [-0.25, -0.2) is 0 Å². The fraction of sp³-hybridized carbons (Fsp3) is 0.778. The highest BCUT2D eigenvalue weighted by Gasteiger charge is 2.50. The first-order valence-corrected chi connectivity index (χ1v) is 12.5. The number of rotatable bonds is 6. The molecule has 3 rings (SSSR count). The second-order valence-corrected chi connectivity index (χ2v) is 11.4. The largest absolute Gasteiger partial charge is 0.123 e. The maximum atomic E-state index is 6.42. The molecule has 0 bridgehead atoms. The lowest BCUT2D eigenvalue weighted by Crippen LogP contribution is -2.36. The monoisotopic (exact) mass is 402 g/mol. The molecule has 0 amide bonds. The standard InChI is InChI=1S/C27H43Cl/c1-19(2)8-6-9-21(4)25-15-16-26-22(10-7-17-27(25,26)5)12-13-23-18-24(28)14-11-20(23)3/h12-13,19,21,24-26H,3,6-11,14-18H2,1-2,4-5H3/b22-12+,23-13-. The SMILES string of the molecule is C=C1CCC(Cl)C/C1=C/C=C1\CCCC2(C)C1CCC2C(C)CCCC(C)C. The van der Waals surface area contributed by atoms with Crippen LogP contribution in [-0.4, -0.2) is 5.38 Å². The van der Waals surface area contributed by atoms with E-state index in [2.05, 4.69) is 46.4 Å². The Hall–Kier alpha value is -0.490. The number of fused-ring (bicyclic) bond motifs is 1. The lowest BCUT2D eigenvalue weighted by atomic mass is 9.60. The third-order valence-electron chi connectivity index (χ3n) is 8.32. The Morgan fingerprint density at radius 1 is 1.11 bits per heavy atom. The average molecular weight is 403 g/mol. The molecule has 1 heteroatoms. The van der Waals surface area contributed by atoms with Crippen LogP contribution in [0, 0.1) is 29.1 Å². The molecule has 3 saturated carbocycles. The second kappa shape index (κ2) is 9.55. The Labute approximate surface area is 179 Å². The smallest absolute Gasteiger partial charge is 0.0379 e. The van der Waals surface area contributed by atoms with Crippen molar-refractivity contribution in [2.24, 2.45) is 29.1 Å². The van der Waals surface area contributed by atoms with E-state index in [9.17, 15) is 0 Å². The summed E-state index contributed by atoms with van der Waals surface area (Å²) in [7, 11) is 0. The lowest BCUT2D eigenvalue weighted by Gasteiger charge is -2.44. The van der Waals surface area contributed by atoms with Crippen LogP contribution in [0.25, 0.3) is 0 Å². The minimum Gasteiger partial charge on any atom is -0.123 e. The molecule has 0 heterocycles. The lowest BCUT2D eigenvalue weighted by molar-refractivity contribution is 0.0929. The van der Waals surface area contributed by atoms with Gasteiger partial charge in [0.05, 0.1) is 0 Å². The summed E-state index contributed by atoms with van der Waals surface area (Å²) in [6.07, 6.45) is 19.2. The van der Waals surface area contributed by atoms with Gasteiger partial charge in [-0.15, -0.1) is 11.6 Å². The molecule has 0 aromatic rings. The number of halogens is 1. The van der Waals surface area contributed by atoms with Crippen molar-refractivity contribution < 1.29 is 0 Å². The van der Waals surface area contributed by atoms with Crippen molar-refractivity contribution in [2.75, 3.05) is 0 Å². The minimum absolute atomic E-state index is 0.300. The zero-order chi connectivity index (χ0) is 20.3. The molecule has 3 fully saturated rings. The Balaban J connectivity index is 1.70. The second-order valence-electron chi connectivity index (χ2n) is 10.8. The first-order valence-electron chi connectivity index (χ1n) is 12.0. The Kier molecular flexibility index (Phi) is 7.57. The topological polar surface area (TPSA) is 0 Å². The summed E-state index contributed by atoms with van der Waals surface area (Å²) in [5.41, 5.74) is 4.97. The summed E-state index contributed by atoms with van der Waals surface area (Å²) < 4.78 is 0. The van der Waals surface area contributed by atoms with E-state index in [1.54, 1.807) is 5.57 Å². The normalized spacial score (nSPS) is 37.6. The molecule has 3 aliphatic rings. The molecule has 5 atom stereocenters. The zero-order valence-electron chi connectivity index (χ0n) is 18.9. The first-order chi connectivity index (χ1) is 13.3. The molecule has 5 unspecified atom stereocenters. The zero-order valence-corrected chi connectivity index (χ0v) is 19.7. The van der Waals surface area contributed by atoms with Gasteiger partial charge in [-0.05, 0) is 86.0 Å². The maximum Gasteiger partial charge on any atom is 0.0379 e. The van der Waals surface area contributed by atoms with Crippen LogP contribution in [0.5, 0.6) is 0 Å². The van der Waals surface area contributed by atoms with Crippen LogP contribution < -0.4 is 0 Å². The number of hydrogen-bond donors (Lipinski definition) is 0. The predicted octanol–water partition coefficient (Wildman–Crippen LogP) is 8.87. The fourth-order valence-electron chi connectivity index (χ4n) is 6.63. The van der Waals surface area contributed by atoms with Gasteiger partial charge in [0, 0.05) is 5.38 Å². The molecule has 0 N–H and O–H groups in total. The van der Waals surface area contributed by atoms with Crippen LogP contribution in [0.1, 0.15) is 98.3 Å². The van der Waals surface area contributed by atoms with E-state index in [1.807, 2.05) is 0 Å². The molecule has 0 radical (unpaired) electrons. The van der Waals surface area contributed by atoms with E-state index in [1.165, 1.54) is 62.5 Å². The highest BCUT2D eigenvalue weighted by atomic mass is 35.5. The summed E-state index contributed by atoms with van der Waals surface area (Å²) in [5, 5.41) is 0.300. The van der Waals surface area contributed by atoms with E-state index >= 15 is 0 Å². The number of hydrogen-bond acceptors (Lipinski definition) is 0. The molecule has 0 aromatic heterocycles. The molecular weight excluding hydrogens is 360 g/mol. The Bertz CT molecular complexity index is 610. The van der Waals surface area contributed by atoms with E-state index < -0.39 is 0 Å². The summed E-state index contributed by atoms with van der Waals surface area (Å²) in [4.78, 5) is 0. The van der Waals surface area contributed by atoms with Gasteiger partial charge in [0.25, 0.3) is 0 Å². The van der Waals surface area contributed by atoms with Gasteiger partial charge < -0.3 is 0 Å². The van der Waals surface area contributed by atoms with Crippen LogP contribution >= 0.6 is 11.6 Å². The average Bonchev–Trinajstić information content (AvgIpc) is 2.99. The number of alkyl halides is 1. The summed E-state index contributed by atoms with van der Waals surface area (Å²) in [6.45, 7) is 14.2. The van der Waals surface area contributed by atoms with Gasteiger partial charge in [-0.3, -0.25) is 0 Å². The summed E-state index contributed by atoms with van der Waals surface area (Å²) in [6, 6.07) is 0. The van der Waals surface area contributed by atoms with E-state index in [4.69, 9.17) is 11.6 Å². The van der Waals surface area contributed by atoms with Crippen molar-refractivity contribution in [3.63, 3.8) is 0 Å². The van der Waals surface area contributed by atoms with Crippen molar-refractivity contribution in [3.8, 4) is 0 Å². The molecular formula is C27H43Cl. The molecule has 0 nitrogen and oxygen atoms in total. The van der Waals surface area contributed by atoms with Gasteiger partial charge >= 0.3 is 0 Å². The molecule has 3 aliphatic carbocycles. The van der Waals surface area contributed by atoms with Gasteiger partial charge in [0.15, 0.2) is 0 Å². The van der Waals surface area contributed by atoms with Crippen LogP contribution in [0.15, 0.2) is 35.5 Å². The van der Waals surface area contributed by atoms with Crippen LogP contribution in [0.4, 0.5) is 0 Å². The van der Waals surface area contributed by atoms with Crippen molar-refractivity contribution in [1.82, 2.24) is 0 Å². The first kappa shape index (κ1) is 22.2. The Morgan fingerprint density at radius 2 is 1.89 bits per heavy atom. The fourth-order valence-corrected chi connectivity index (χ4v) is 6.91. The number of allylic oxidation sites excluding steroid dienone is 5. The van der Waals surface area contributed by atoms with Gasteiger partial charge in [-0.1, -0.05) is 76.8 Å². The van der Waals surface area contributed by atoms with E-state index in [0.717, 1.165) is 42.9 Å². The van der Waals surface area contributed by atoms with Gasteiger partial charge in [0.2, 0.25) is 0 Å². The van der Waals surface area contributed by atoms with Crippen LogP contribution in [0.2, 0.25) is 0 Å². The molecule has 0 saturated heterocycles. The molecule has 0 aliphatic heterocycles. The molecule has 28 heavy (non-hydrogen) atoms. The van der Waals surface area contributed by atoms with Crippen LogP contribution in [0.3, 0.4) is 0 Å². The van der Waals surface area contributed by atoms with Gasteiger partial charge in [0.1, 0.15) is 0 Å². The molecule has 0 spiro atoms. The quantitative estimate of drug-likeness (QED) is 0.389. The highest BCUT2D eigenvalue weighted by Crippen LogP contribution is 2.59. The highest BCUT2D eigenvalue weighted by molar-refractivity contribution is 6.20. The Morgan fingerprint density at radius 3 is 2.64 bits per heavy atom. The molecule has 158 valence electrons. The maximum absolute atomic E-state index is 6.42.